The van der Waals surface area contributed by atoms with E-state index in [1.807, 2.05) is 97.9 Å². The van der Waals surface area contributed by atoms with Gasteiger partial charge in [-0.1, -0.05) is 97.9 Å². The lowest BCUT2D eigenvalue weighted by molar-refractivity contribution is 0.326. The van der Waals surface area contributed by atoms with Gasteiger partial charge in [0.2, 0.25) is 11.6 Å². The first-order valence-corrected chi connectivity index (χ1v) is 10.6. The number of nitrogens with one attached hydrogen (secondary N) is 1. The van der Waals surface area contributed by atoms with Crippen LogP contribution in [0.2, 0.25) is 0 Å². The molecule has 0 amide bonds. The smallest absolute Gasteiger partial charge is 0.353 e. The minimum absolute atomic E-state index is 0.0336. The first-order chi connectivity index (χ1) is 15.6. The molecule has 0 atom stereocenters. The largest absolute Gasteiger partial charge is 0.501 e. The molecule has 0 aliphatic heterocycles. The Morgan fingerprint density at radius 3 is 1.66 bits per heavy atom. The molecule has 0 saturated heterocycles. The van der Waals surface area contributed by atoms with Gasteiger partial charge in [0.1, 0.15) is 5.54 Å². The van der Waals surface area contributed by atoms with E-state index in [0.29, 0.717) is 6.54 Å². The van der Waals surface area contributed by atoms with Gasteiger partial charge in [-0.05, 0) is 23.1 Å². The van der Waals surface area contributed by atoms with Gasteiger partial charge in [0.15, 0.2) is 5.82 Å². The second kappa shape index (κ2) is 8.98. The quantitative estimate of drug-likeness (QED) is 0.383. The topological polar surface area (TPSA) is 87.4 Å². The van der Waals surface area contributed by atoms with Crippen molar-refractivity contribution < 1.29 is 10.2 Å². The van der Waals surface area contributed by atoms with Crippen molar-refractivity contribution in [2.45, 2.75) is 18.9 Å². The van der Waals surface area contributed by atoms with E-state index in [1.165, 1.54) is 4.57 Å². The Labute approximate surface area is 186 Å². The van der Waals surface area contributed by atoms with E-state index in [0.717, 1.165) is 23.1 Å². The molecule has 6 heteroatoms. The number of rotatable bonds is 7. The standard InChI is InChI=1S/C26H25N3O3/c1-2-18-27-23-22(30)24(31)29(25(32)28-23)26(19-12-6-3-7-13-19,20-14-8-4-9-15-20)21-16-10-5-11-17-21/h3-17,30-31H,2,18H2,1H3,(H,27,28,32). The highest BCUT2D eigenvalue weighted by atomic mass is 16.3. The van der Waals surface area contributed by atoms with E-state index in [4.69, 9.17) is 0 Å². The molecule has 3 N–H and O–H groups in total. The van der Waals surface area contributed by atoms with Gasteiger partial charge < -0.3 is 15.5 Å². The first-order valence-electron chi connectivity index (χ1n) is 10.6. The van der Waals surface area contributed by atoms with Crippen LogP contribution in [0.25, 0.3) is 0 Å². The number of aromatic hydroxyl groups is 2. The average molecular weight is 428 g/mol. The highest BCUT2D eigenvalue weighted by Crippen LogP contribution is 2.44. The van der Waals surface area contributed by atoms with E-state index in [1.54, 1.807) is 0 Å². The van der Waals surface area contributed by atoms with Crippen LogP contribution in [0.15, 0.2) is 95.8 Å². The molecular weight excluding hydrogens is 402 g/mol. The summed E-state index contributed by atoms with van der Waals surface area (Å²) in [5.74, 6) is -1.06. The molecule has 4 aromatic rings. The van der Waals surface area contributed by atoms with Crippen LogP contribution >= 0.6 is 0 Å². The van der Waals surface area contributed by atoms with Gasteiger partial charge in [-0.3, -0.25) is 0 Å². The van der Waals surface area contributed by atoms with Crippen molar-refractivity contribution in [1.82, 2.24) is 9.55 Å². The maximum Gasteiger partial charge on any atom is 0.353 e. The van der Waals surface area contributed by atoms with Crippen LogP contribution in [-0.2, 0) is 5.54 Å². The van der Waals surface area contributed by atoms with Crippen molar-refractivity contribution in [3.63, 3.8) is 0 Å². The Morgan fingerprint density at radius 2 is 1.25 bits per heavy atom. The summed E-state index contributed by atoms with van der Waals surface area (Å²) in [4.78, 5) is 17.6. The Morgan fingerprint density at radius 1 is 0.812 bits per heavy atom. The van der Waals surface area contributed by atoms with Gasteiger partial charge in [0.25, 0.3) is 0 Å². The number of aromatic nitrogens is 2. The summed E-state index contributed by atoms with van der Waals surface area (Å²) in [7, 11) is 0. The predicted molar refractivity (Wildman–Crippen MR) is 125 cm³/mol. The highest BCUT2D eigenvalue weighted by Gasteiger charge is 2.42. The third kappa shape index (κ3) is 3.50. The van der Waals surface area contributed by atoms with E-state index < -0.39 is 22.9 Å². The molecule has 162 valence electrons. The van der Waals surface area contributed by atoms with Crippen LogP contribution in [0.1, 0.15) is 30.0 Å². The minimum Gasteiger partial charge on any atom is -0.501 e. The van der Waals surface area contributed by atoms with E-state index >= 15 is 0 Å². The average Bonchev–Trinajstić information content (AvgIpc) is 2.85. The molecule has 0 saturated carbocycles. The molecule has 0 fully saturated rings. The summed E-state index contributed by atoms with van der Waals surface area (Å²) in [6.45, 7) is 2.46. The molecule has 0 spiro atoms. The fraction of sp³-hybridized carbons (Fsp3) is 0.154. The van der Waals surface area contributed by atoms with Gasteiger partial charge in [0, 0.05) is 6.54 Å². The van der Waals surface area contributed by atoms with Gasteiger partial charge in [-0.25, -0.2) is 9.36 Å². The Hall–Kier alpha value is -4.06. The van der Waals surface area contributed by atoms with Crippen molar-refractivity contribution in [3.05, 3.63) is 118 Å². The molecule has 6 nitrogen and oxygen atoms in total. The SMILES string of the molecule is CCCNc1nc(=O)n(C(c2ccccc2)(c2ccccc2)c2ccccc2)c(O)c1O. The van der Waals surface area contributed by atoms with Gasteiger partial charge in [-0.2, -0.15) is 4.98 Å². The molecule has 1 heterocycles. The van der Waals surface area contributed by atoms with Crippen LogP contribution in [0, 0.1) is 0 Å². The maximum absolute atomic E-state index is 13.5. The lowest BCUT2D eigenvalue weighted by atomic mass is 9.76. The molecule has 0 unspecified atom stereocenters. The zero-order valence-corrected chi connectivity index (χ0v) is 17.8. The second-order valence-corrected chi connectivity index (χ2v) is 7.49. The lowest BCUT2D eigenvalue weighted by Crippen LogP contribution is -2.45. The summed E-state index contributed by atoms with van der Waals surface area (Å²) in [5, 5.41) is 24.9. The third-order valence-electron chi connectivity index (χ3n) is 5.50. The fourth-order valence-corrected chi connectivity index (χ4v) is 4.10. The Kier molecular flexibility index (Phi) is 5.94. The predicted octanol–water partition coefficient (Wildman–Crippen LogP) is 4.32. The zero-order chi connectivity index (χ0) is 22.6. The van der Waals surface area contributed by atoms with Crippen LogP contribution in [-0.4, -0.2) is 26.3 Å². The van der Waals surface area contributed by atoms with Crippen LogP contribution < -0.4 is 11.0 Å². The molecule has 0 aliphatic rings. The third-order valence-corrected chi connectivity index (χ3v) is 5.50. The number of nitrogens with zero attached hydrogens (tertiary/aromatic N) is 2. The number of benzene rings is 3. The molecular formula is C26H25N3O3. The second-order valence-electron chi connectivity index (χ2n) is 7.49. The van der Waals surface area contributed by atoms with Crippen LogP contribution in [0.4, 0.5) is 5.82 Å². The Balaban J connectivity index is 2.15. The minimum atomic E-state index is -1.27. The van der Waals surface area contributed by atoms with Crippen LogP contribution in [0.5, 0.6) is 11.6 Å². The summed E-state index contributed by atoms with van der Waals surface area (Å²) in [6.07, 6.45) is 0.771. The van der Waals surface area contributed by atoms with Crippen molar-refractivity contribution in [3.8, 4) is 11.6 Å². The monoisotopic (exact) mass is 427 g/mol. The molecule has 0 radical (unpaired) electrons. The first kappa shape index (κ1) is 21.2. The summed E-state index contributed by atoms with van der Waals surface area (Å²) in [5.41, 5.74) is 0.273. The van der Waals surface area contributed by atoms with Crippen molar-refractivity contribution >= 4 is 5.82 Å². The van der Waals surface area contributed by atoms with Crippen molar-refractivity contribution in [2.24, 2.45) is 0 Å². The van der Waals surface area contributed by atoms with Gasteiger partial charge >= 0.3 is 5.69 Å². The molecule has 0 bridgehead atoms. The fourth-order valence-electron chi connectivity index (χ4n) is 4.10. The molecule has 3 aromatic carbocycles. The van der Waals surface area contributed by atoms with E-state index in [2.05, 4.69) is 10.3 Å². The molecule has 1 aromatic heterocycles. The normalized spacial score (nSPS) is 11.3. The summed E-state index contributed by atoms with van der Waals surface area (Å²) >= 11 is 0. The number of anilines is 1. The number of hydrogen-bond donors (Lipinski definition) is 3. The lowest BCUT2D eigenvalue weighted by Gasteiger charge is -2.38. The summed E-state index contributed by atoms with van der Waals surface area (Å²) in [6, 6.07) is 28.3. The van der Waals surface area contributed by atoms with Crippen molar-refractivity contribution in [2.75, 3.05) is 11.9 Å². The number of hydrogen-bond acceptors (Lipinski definition) is 5. The Bertz CT molecular complexity index is 1140. The molecule has 4 rings (SSSR count). The zero-order valence-electron chi connectivity index (χ0n) is 17.8. The molecule has 0 aliphatic carbocycles. The van der Waals surface area contributed by atoms with Crippen LogP contribution in [0.3, 0.4) is 0 Å². The van der Waals surface area contributed by atoms with Crippen molar-refractivity contribution in [1.29, 1.82) is 0 Å². The summed E-state index contributed by atoms with van der Waals surface area (Å²) < 4.78 is 1.17. The van der Waals surface area contributed by atoms with Gasteiger partial charge in [0.05, 0.1) is 0 Å². The van der Waals surface area contributed by atoms with Gasteiger partial charge in [-0.15, -0.1) is 0 Å². The highest BCUT2D eigenvalue weighted by molar-refractivity contribution is 5.58. The van der Waals surface area contributed by atoms with E-state index in [9.17, 15) is 15.0 Å². The maximum atomic E-state index is 13.5. The van der Waals surface area contributed by atoms with E-state index in [-0.39, 0.29) is 5.82 Å². The molecule has 32 heavy (non-hydrogen) atoms.